The Morgan fingerprint density at radius 1 is 0.337 bits per heavy atom. The minimum absolute atomic E-state index is 0.0506. The van der Waals surface area contributed by atoms with Gasteiger partial charge in [0, 0.05) is 19.4 Å². The van der Waals surface area contributed by atoms with Crippen LogP contribution < -0.4 is 5.73 Å². The third kappa shape index (κ3) is 76.0. The lowest BCUT2D eigenvalue weighted by Crippen LogP contribution is -2.29. The van der Waals surface area contributed by atoms with Crippen LogP contribution in [-0.4, -0.2) is 49.3 Å². The average molecular weight is 1310 g/mol. The monoisotopic (exact) mass is 1310 g/mol. The van der Waals surface area contributed by atoms with Crippen LogP contribution in [0, 0.1) is 0 Å². The lowest BCUT2D eigenvalue weighted by Gasteiger charge is -2.19. The van der Waals surface area contributed by atoms with Crippen molar-refractivity contribution in [3.63, 3.8) is 0 Å². The van der Waals surface area contributed by atoms with E-state index < -0.39 is 26.5 Å². The first-order valence-corrected chi connectivity index (χ1v) is 40.7. The second-order valence-corrected chi connectivity index (χ2v) is 27.7. The number of allylic oxidation sites excluding steroid dienone is 16. The molecule has 0 aromatic carbocycles. The number of nitrogens with two attached hydrogens (primary N) is 1. The molecule has 2 atom stereocenters. The average Bonchev–Trinajstić information content (AvgIpc) is 2.93. The van der Waals surface area contributed by atoms with E-state index in [0.717, 1.165) is 96.3 Å². The summed E-state index contributed by atoms with van der Waals surface area (Å²) in [6, 6.07) is 0. The number of rotatable bonds is 74. The summed E-state index contributed by atoms with van der Waals surface area (Å²) in [6.07, 6.45) is 105. The molecule has 9 nitrogen and oxygen atoms in total. The van der Waals surface area contributed by atoms with Gasteiger partial charge in [-0.2, -0.15) is 0 Å². The molecule has 2 unspecified atom stereocenters. The lowest BCUT2D eigenvalue weighted by molar-refractivity contribution is -0.161. The van der Waals surface area contributed by atoms with Gasteiger partial charge in [0.05, 0.1) is 13.2 Å². The van der Waals surface area contributed by atoms with Gasteiger partial charge < -0.3 is 20.1 Å². The van der Waals surface area contributed by atoms with Gasteiger partial charge in [0.2, 0.25) is 0 Å². The largest absolute Gasteiger partial charge is 0.472 e. The van der Waals surface area contributed by atoms with Gasteiger partial charge in [-0.05, 0) is 77.0 Å². The van der Waals surface area contributed by atoms with Crippen molar-refractivity contribution >= 4 is 19.8 Å². The smallest absolute Gasteiger partial charge is 0.462 e. The Hall–Kier alpha value is -3.07. The second kappa shape index (κ2) is 76.9. The summed E-state index contributed by atoms with van der Waals surface area (Å²) in [7, 11) is -4.40. The number of hydrogen-bond acceptors (Lipinski definition) is 8. The molecule has 0 fully saturated rings. The van der Waals surface area contributed by atoms with Gasteiger partial charge in [-0.1, -0.05) is 387 Å². The van der Waals surface area contributed by atoms with Gasteiger partial charge in [-0.25, -0.2) is 4.57 Å². The Morgan fingerprint density at radius 2 is 0.598 bits per heavy atom. The fraction of sp³-hybridized carbons (Fsp3) is 0.780. The summed E-state index contributed by atoms with van der Waals surface area (Å²) < 4.78 is 33.3. The minimum Gasteiger partial charge on any atom is -0.462 e. The predicted molar refractivity (Wildman–Crippen MR) is 399 cm³/mol. The predicted octanol–water partition coefficient (Wildman–Crippen LogP) is 26.3. The topological polar surface area (TPSA) is 134 Å². The zero-order valence-corrected chi connectivity index (χ0v) is 61.2. The third-order valence-corrected chi connectivity index (χ3v) is 18.2. The standard InChI is InChI=1S/C82H148NO8P/c1-3-5-7-9-11-13-15-17-19-21-23-25-27-29-31-33-35-37-39-41-42-44-46-48-50-52-54-56-58-60-62-64-66-68-70-72-74-81(84)88-78-80(79-90-92(86,87)89-77-76-83)91-82(85)75-73-71-69-67-65-63-61-59-57-55-53-51-49-47-45-43-40-38-36-34-32-30-28-26-24-22-20-18-16-14-12-10-8-6-4-2/h6,8,12,14,18,20,24,26,30,32,36,38,43,45,49,51,80H,3-5,7,9-11,13,15-17,19,21-23,25,27-29,31,33-35,37,39-42,44,46-48,50,52-79,83H2,1-2H3,(H,86,87)/b8-6-,14-12-,20-18-,26-24-,32-30-,38-36-,45-43-,51-49-. The number of phosphoric acid groups is 1. The van der Waals surface area contributed by atoms with Crippen LogP contribution in [0.3, 0.4) is 0 Å². The Labute approximate surface area is 569 Å². The number of esters is 2. The summed E-state index contributed by atoms with van der Waals surface area (Å²) in [6.45, 7) is 3.68. The van der Waals surface area contributed by atoms with Crippen LogP contribution in [0.5, 0.6) is 0 Å². The van der Waals surface area contributed by atoms with E-state index in [-0.39, 0.29) is 38.6 Å². The summed E-state index contributed by atoms with van der Waals surface area (Å²) in [4.78, 5) is 35.4. The van der Waals surface area contributed by atoms with E-state index in [1.807, 2.05) is 0 Å². The highest BCUT2D eigenvalue weighted by Gasteiger charge is 2.26. The summed E-state index contributed by atoms with van der Waals surface area (Å²) >= 11 is 0. The Kier molecular flexibility index (Phi) is 74.4. The molecule has 0 radical (unpaired) electrons. The molecule has 0 aliphatic rings. The first kappa shape index (κ1) is 88.9. The van der Waals surface area contributed by atoms with E-state index >= 15 is 0 Å². The molecule has 0 aliphatic heterocycles. The zero-order chi connectivity index (χ0) is 66.5. The Morgan fingerprint density at radius 3 is 0.891 bits per heavy atom. The van der Waals surface area contributed by atoms with Crippen LogP contribution in [0.25, 0.3) is 0 Å². The van der Waals surface area contributed by atoms with Crippen molar-refractivity contribution in [2.75, 3.05) is 26.4 Å². The second-order valence-electron chi connectivity index (χ2n) is 26.2. The highest BCUT2D eigenvalue weighted by atomic mass is 31.2. The lowest BCUT2D eigenvalue weighted by atomic mass is 10.0. The van der Waals surface area contributed by atoms with Gasteiger partial charge in [0.1, 0.15) is 6.61 Å². The highest BCUT2D eigenvalue weighted by Crippen LogP contribution is 2.43. The van der Waals surface area contributed by atoms with Gasteiger partial charge in [-0.15, -0.1) is 0 Å². The van der Waals surface area contributed by atoms with Crippen molar-refractivity contribution in [1.29, 1.82) is 0 Å². The molecule has 0 spiro atoms. The van der Waals surface area contributed by atoms with E-state index in [1.54, 1.807) is 0 Å². The molecule has 0 aromatic rings. The molecule has 0 aliphatic carbocycles. The van der Waals surface area contributed by atoms with Gasteiger partial charge >= 0.3 is 19.8 Å². The van der Waals surface area contributed by atoms with Crippen molar-refractivity contribution in [2.24, 2.45) is 5.73 Å². The van der Waals surface area contributed by atoms with Crippen LogP contribution >= 0.6 is 7.82 Å². The summed E-state index contributed by atoms with van der Waals surface area (Å²) in [5, 5.41) is 0. The molecule has 0 rings (SSSR count). The minimum atomic E-state index is -4.40. The van der Waals surface area contributed by atoms with E-state index in [9.17, 15) is 19.0 Å². The molecule has 0 amide bonds. The van der Waals surface area contributed by atoms with Crippen LogP contribution in [0.4, 0.5) is 0 Å². The molecule has 0 aromatic heterocycles. The van der Waals surface area contributed by atoms with E-state index in [2.05, 4.69) is 111 Å². The van der Waals surface area contributed by atoms with Crippen molar-refractivity contribution < 1.29 is 37.6 Å². The van der Waals surface area contributed by atoms with E-state index in [4.69, 9.17) is 24.3 Å². The molecule has 3 N–H and O–H groups in total. The molecule has 92 heavy (non-hydrogen) atoms. The molecule has 0 bridgehead atoms. The summed E-state index contributed by atoms with van der Waals surface area (Å²) in [5.74, 6) is -0.820. The number of carbonyl (C=O) groups excluding carboxylic acids is 2. The third-order valence-electron chi connectivity index (χ3n) is 17.2. The normalized spacial score (nSPS) is 13.4. The van der Waals surface area contributed by atoms with Crippen molar-refractivity contribution in [3.05, 3.63) is 97.2 Å². The molecule has 0 saturated heterocycles. The molecular formula is C82H148NO8P. The van der Waals surface area contributed by atoms with Crippen LogP contribution in [-0.2, 0) is 32.7 Å². The van der Waals surface area contributed by atoms with Gasteiger partial charge in [-0.3, -0.25) is 18.6 Å². The van der Waals surface area contributed by atoms with E-state index in [0.29, 0.717) is 6.42 Å². The maximum absolute atomic E-state index is 12.8. The Balaban J connectivity index is 3.83. The summed E-state index contributed by atoms with van der Waals surface area (Å²) in [5.41, 5.74) is 5.41. The molecule has 10 heteroatoms. The quantitative estimate of drug-likeness (QED) is 0.0264. The zero-order valence-electron chi connectivity index (χ0n) is 60.3. The number of carbonyl (C=O) groups is 2. The first-order valence-electron chi connectivity index (χ1n) is 39.2. The molecule has 0 heterocycles. The van der Waals surface area contributed by atoms with Crippen molar-refractivity contribution in [1.82, 2.24) is 0 Å². The Bertz CT molecular complexity index is 1830. The van der Waals surface area contributed by atoms with Crippen molar-refractivity contribution in [2.45, 2.75) is 386 Å². The SMILES string of the molecule is CC/C=C\C/C=C\C/C=C\C/C=C\C/C=C\C/C=C\C/C=C\C/C=C\CCCCCCCCCCCCC(=O)OC(COC(=O)CCCCCCCCCCCCCCCCCCCCCCCCCCCCCCCCCCCCCC)COP(=O)(O)OCCN. The van der Waals surface area contributed by atoms with Crippen LogP contribution in [0.15, 0.2) is 97.2 Å². The number of hydrogen-bond donors (Lipinski definition) is 2. The molecule has 534 valence electrons. The number of phosphoric ester groups is 1. The maximum Gasteiger partial charge on any atom is 0.472 e. The fourth-order valence-corrected chi connectivity index (χ4v) is 12.2. The van der Waals surface area contributed by atoms with Crippen LogP contribution in [0.1, 0.15) is 380 Å². The van der Waals surface area contributed by atoms with Gasteiger partial charge in [0.15, 0.2) is 6.10 Å². The number of ether oxygens (including phenoxy) is 2. The fourth-order valence-electron chi connectivity index (χ4n) is 11.5. The molecule has 0 saturated carbocycles. The van der Waals surface area contributed by atoms with Crippen LogP contribution in [0.2, 0.25) is 0 Å². The maximum atomic E-state index is 12.8. The molecular weight excluding hydrogens is 1160 g/mol. The van der Waals surface area contributed by atoms with E-state index in [1.165, 1.54) is 250 Å². The highest BCUT2D eigenvalue weighted by molar-refractivity contribution is 7.47. The number of unbranched alkanes of at least 4 members (excludes halogenated alkanes) is 45. The first-order chi connectivity index (χ1) is 45.3. The van der Waals surface area contributed by atoms with Gasteiger partial charge in [0.25, 0.3) is 0 Å². The van der Waals surface area contributed by atoms with Crippen molar-refractivity contribution in [3.8, 4) is 0 Å².